The molecule has 114 valence electrons. The molecule has 0 amide bonds. The van der Waals surface area contributed by atoms with Gasteiger partial charge in [0.15, 0.2) is 0 Å². The zero-order valence-electron chi connectivity index (χ0n) is 12.2. The Morgan fingerprint density at radius 1 is 1.18 bits per heavy atom. The Labute approximate surface area is 128 Å². The van der Waals surface area contributed by atoms with E-state index in [1.54, 1.807) is 43.3 Å². The Kier molecular flexibility index (Phi) is 3.58. The van der Waals surface area contributed by atoms with Crippen molar-refractivity contribution in [2.24, 2.45) is 0 Å². The van der Waals surface area contributed by atoms with Crippen LogP contribution in [0, 0.1) is 6.92 Å². The maximum atomic E-state index is 12.9. The highest BCUT2D eigenvalue weighted by molar-refractivity contribution is 7.90. The van der Waals surface area contributed by atoms with Gasteiger partial charge in [0, 0.05) is 0 Å². The first-order valence-electron chi connectivity index (χ1n) is 6.83. The molecular formula is C15H15N3O3S. The minimum absolute atomic E-state index is 0.0880. The minimum atomic E-state index is -3.88. The third kappa shape index (κ3) is 2.33. The van der Waals surface area contributed by atoms with Gasteiger partial charge in [-0.15, -0.1) is 9.19 Å². The van der Waals surface area contributed by atoms with Crippen molar-refractivity contribution in [3.63, 3.8) is 0 Å². The molecule has 0 atom stereocenters. The van der Waals surface area contributed by atoms with Gasteiger partial charge < -0.3 is 4.74 Å². The van der Waals surface area contributed by atoms with Crippen LogP contribution in [0.4, 0.5) is 0 Å². The van der Waals surface area contributed by atoms with Crippen molar-refractivity contribution >= 4 is 21.1 Å². The molecule has 0 aliphatic rings. The van der Waals surface area contributed by atoms with Crippen LogP contribution in [0.15, 0.2) is 47.4 Å². The van der Waals surface area contributed by atoms with E-state index in [2.05, 4.69) is 10.3 Å². The molecule has 2 aromatic carbocycles. The van der Waals surface area contributed by atoms with E-state index in [0.29, 0.717) is 23.4 Å². The fraction of sp³-hybridized carbons (Fsp3) is 0.200. The molecule has 7 heteroatoms. The number of hydrogen-bond acceptors (Lipinski definition) is 5. The number of para-hydroxylation sites is 1. The molecule has 0 bridgehead atoms. The molecule has 3 rings (SSSR count). The predicted octanol–water partition coefficient (Wildman–Crippen LogP) is 2.38. The van der Waals surface area contributed by atoms with Crippen LogP contribution in [-0.4, -0.2) is 29.4 Å². The summed E-state index contributed by atoms with van der Waals surface area (Å²) >= 11 is 0. The largest absolute Gasteiger partial charge is 0.492 e. The zero-order chi connectivity index (χ0) is 15.7. The summed E-state index contributed by atoms with van der Waals surface area (Å²) in [5.74, 6) is 0.313. The average Bonchev–Trinajstić information content (AvgIpc) is 2.94. The fourth-order valence-electron chi connectivity index (χ4n) is 2.21. The highest BCUT2D eigenvalue weighted by Crippen LogP contribution is 2.28. The summed E-state index contributed by atoms with van der Waals surface area (Å²) in [6.45, 7) is 4.01. The predicted molar refractivity (Wildman–Crippen MR) is 82.5 cm³/mol. The Morgan fingerprint density at radius 3 is 2.73 bits per heavy atom. The molecule has 0 spiro atoms. The lowest BCUT2D eigenvalue weighted by Gasteiger charge is -2.11. The van der Waals surface area contributed by atoms with Crippen LogP contribution in [-0.2, 0) is 10.0 Å². The average molecular weight is 317 g/mol. The van der Waals surface area contributed by atoms with Gasteiger partial charge in [0.2, 0.25) is 0 Å². The standard InChI is InChI=1S/C15H15N3O3S/c1-3-21-14-9-8-11(2)10-15(14)22(19,20)18-13-7-5-4-6-12(13)16-17-18/h4-10H,3H2,1-2H3. The Balaban J connectivity index is 2.24. The number of rotatable bonds is 4. The number of aromatic nitrogens is 3. The van der Waals surface area contributed by atoms with E-state index >= 15 is 0 Å². The van der Waals surface area contributed by atoms with Gasteiger partial charge in [-0.3, -0.25) is 0 Å². The van der Waals surface area contributed by atoms with E-state index in [-0.39, 0.29) is 4.90 Å². The maximum Gasteiger partial charge on any atom is 0.288 e. The molecular weight excluding hydrogens is 302 g/mol. The summed E-state index contributed by atoms with van der Waals surface area (Å²) < 4.78 is 32.3. The van der Waals surface area contributed by atoms with Crippen molar-refractivity contribution < 1.29 is 13.2 Å². The monoisotopic (exact) mass is 317 g/mol. The third-order valence-electron chi connectivity index (χ3n) is 3.23. The van der Waals surface area contributed by atoms with Gasteiger partial charge in [-0.1, -0.05) is 23.4 Å². The van der Waals surface area contributed by atoms with Crippen molar-refractivity contribution in [1.29, 1.82) is 0 Å². The van der Waals surface area contributed by atoms with Crippen LogP contribution >= 0.6 is 0 Å². The lowest BCUT2D eigenvalue weighted by molar-refractivity contribution is 0.331. The summed E-state index contributed by atoms with van der Waals surface area (Å²) in [5.41, 5.74) is 1.79. The molecule has 1 aromatic heterocycles. The van der Waals surface area contributed by atoms with Crippen molar-refractivity contribution in [2.45, 2.75) is 18.7 Å². The maximum absolute atomic E-state index is 12.9. The highest BCUT2D eigenvalue weighted by atomic mass is 32.2. The van der Waals surface area contributed by atoms with E-state index in [1.807, 2.05) is 13.0 Å². The van der Waals surface area contributed by atoms with Crippen LogP contribution in [0.25, 0.3) is 11.0 Å². The van der Waals surface area contributed by atoms with Gasteiger partial charge >= 0.3 is 0 Å². The third-order valence-corrected chi connectivity index (χ3v) is 4.83. The van der Waals surface area contributed by atoms with Gasteiger partial charge in [-0.2, -0.15) is 8.42 Å². The SMILES string of the molecule is CCOc1ccc(C)cc1S(=O)(=O)n1nnc2ccccc21. The molecule has 0 radical (unpaired) electrons. The van der Waals surface area contributed by atoms with E-state index < -0.39 is 10.0 Å². The van der Waals surface area contributed by atoms with E-state index in [1.165, 1.54) is 0 Å². The quantitative estimate of drug-likeness (QED) is 0.738. The van der Waals surface area contributed by atoms with Crippen LogP contribution in [0.3, 0.4) is 0 Å². The Hall–Kier alpha value is -2.41. The summed E-state index contributed by atoms with van der Waals surface area (Å²) in [7, 11) is -3.88. The molecule has 0 aliphatic heterocycles. The van der Waals surface area contributed by atoms with Crippen molar-refractivity contribution in [3.05, 3.63) is 48.0 Å². The second-order valence-corrected chi connectivity index (χ2v) is 6.55. The molecule has 22 heavy (non-hydrogen) atoms. The number of fused-ring (bicyclic) bond motifs is 1. The number of ether oxygens (including phenoxy) is 1. The van der Waals surface area contributed by atoms with Crippen molar-refractivity contribution in [2.75, 3.05) is 6.61 Å². The van der Waals surface area contributed by atoms with Crippen molar-refractivity contribution in [1.82, 2.24) is 14.4 Å². The topological polar surface area (TPSA) is 74.1 Å². The Bertz CT molecular complexity index is 932. The van der Waals surface area contributed by atoms with E-state index in [0.717, 1.165) is 9.65 Å². The number of aryl methyl sites for hydroxylation is 1. The van der Waals surface area contributed by atoms with Crippen LogP contribution in [0.2, 0.25) is 0 Å². The van der Waals surface area contributed by atoms with Crippen molar-refractivity contribution in [3.8, 4) is 5.75 Å². The molecule has 0 N–H and O–H groups in total. The lowest BCUT2D eigenvalue weighted by Crippen LogP contribution is -2.16. The van der Waals surface area contributed by atoms with Crippen LogP contribution in [0.1, 0.15) is 12.5 Å². The molecule has 0 unspecified atom stereocenters. The molecule has 0 saturated carbocycles. The van der Waals surface area contributed by atoms with Crippen LogP contribution < -0.4 is 4.74 Å². The summed E-state index contributed by atoms with van der Waals surface area (Å²) in [6.07, 6.45) is 0. The second-order valence-electron chi connectivity index (χ2n) is 4.81. The fourth-order valence-corrected chi connectivity index (χ4v) is 3.66. The number of benzene rings is 2. The molecule has 0 fully saturated rings. The summed E-state index contributed by atoms with van der Waals surface area (Å²) in [6, 6.07) is 12.0. The first-order chi connectivity index (χ1) is 10.5. The van der Waals surface area contributed by atoms with Gasteiger partial charge in [0.25, 0.3) is 10.0 Å². The van der Waals surface area contributed by atoms with Crippen LogP contribution in [0.5, 0.6) is 5.75 Å². The van der Waals surface area contributed by atoms with E-state index in [4.69, 9.17) is 4.74 Å². The summed E-state index contributed by atoms with van der Waals surface area (Å²) in [5, 5.41) is 7.70. The lowest BCUT2D eigenvalue weighted by atomic mass is 10.2. The number of nitrogens with zero attached hydrogens (tertiary/aromatic N) is 3. The Morgan fingerprint density at radius 2 is 1.95 bits per heavy atom. The smallest absolute Gasteiger partial charge is 0.288 e. The zero-order valence-corrected chi connectivity index (χ0v) is 13.0. The first kappa shape index (κ1) is 14.5. The number of hydrogen-bond donors (Lipinski definition) is 0. The van der Waals surface area contributed by atoms with Gasteiger partial charge in [-0.25, -0.2) is 0 Å². The molecule has 6 nitrogen and oxygen atoms in total. The second kappa shape index (κ2) is 5.42. The molecule has 1 heterocycles. The molecule has 0 aliphatic carbocycles. The normalized spacial score (nSPS) is 11.7. The molecule has 3 aromatic rings. The van der Waals surface area contributed by atoms with Gasteiger partial charge in [-0.05, 0) is 43.7 Å². The van der Waals surface area contributed by atoms with E-state index in [9.17, 15) is 8.42 Å². The first-order valence-corrected chi connectivity index (χ1v) is 8.27. The minimum Gasteiger partial charge on any atom is -0.492 e. The van der Waals surface area contributed by atoms with Gasteiger partial charge in [0.05, 0.1) is 6.61 Å². The molecule has 0 saturated heterocycles. The summed E-state index contributed by atoms with van der Waals surface area (Å²) in [4.78, 5) is 0.0880. The van der Waals surface area contributed by atoms with Gasteiger partial charge in [0.1, 0.15) is 21.7 Å². The highest BCUT2D eigenvalue weighted by Gasteiger charge is 2.25.